The first-order valence-electron chi connectivity index (χ1n) is 9.17. The number of carbonyl (C=O) groups is 2. The maximum Gasteiger partial charge on any atom is 0.253 e. The van der Waals surface area contributed by atoms with Crippen molar-refractivity contribution < 1.29 is 22.7 Å². The third-order valence-electron chi connectivity index (χ3n) is 5.02. The van der Waals surface area contributed by atoms with Gasteiger partial charge in [0, 0.05) is 17.6 Å². The second-order valence-corrected chi connectivity index (χ2v) is 10.9. The Balaban J connectivity index is 1.68. The van der Waals surface area contributed by atoms with Gasteiger partial charge in [0.15, 0.2) is 0 Å². The average molecular weight is 499 g/mol. The summed E-state index contributed by atoms with van der Waals surface area (Å²) >= 11 is 4.42. The molecule has 0 spiro atoms. The van der Waals surface area contributed by atoms with E-state index in [9.17, 15) is 18.0 Å². The lowest BCUT2D eigenvalue weighted by Gasteiger charge is -2.28. The van der Waals surface area contributed by atoms with Crippen LogP contribution in [0.15, 0.2) is 50.5 Å². The van der Waals surface area contributed by atoms with E-state index in [1.165, 1.54) is 6.07 Å². The van der Waals surface area contributed by atoms with Gasteiger partial charge in [0.2, 0.25) is 5.91 Å². The molecule has 29 heavy (non-hydrogen) atoms. The minimum atomic E-state index is -3.93. The first kappa shape index (κ1) is 20.7. The van der Waals surface area contributed by atoms with Crippen LogP contribution >= 0.6 is 27.3 Å². The lowest BCUT2D eigenvalue weighted by atomic mass is 10.2. The Kier molecular flexibility index (Phi) is 5.90. The van der Waals surface area contributed by atoms with Crippen LogP contribution < -0.4 is 4.90 Å². The van der Waals surface area contributed by atoms with Crippen molar-refractivity contribution in [1.29, 1.82) is 0 Å². The van der Waals surface area contributed by atoms with Gasteiger partial charge >= 0.3 is 0 Å². The van der Waals surface area contributed by atoms with Crippen molar-refractivity contribution in [1.82, 2.24) is 4.31 Å². The number of anilines is 1. The summed E-state index contributed by atoms with van der Waals surface area (Å²) in [6.45, 7) is 0.623. The fourth-order valence-electron chi connectivity index (χ4n) is 3.61. The van der Waals surface area contributed by atoms with Crippen molar-refractivity contribution in [2.75, 3.05) is 18.1 Å². The zero-order chi connectivity index (χ0) is 20.6. The van der Waals surface area contributed by atoms with Crippen molar-refractivity contribution in [3.05, 3.63) is 46.3 Å². The van der Waals surface area contributed by atoms with Crippen molar-refractivity contribution >= 4 is 54.8 Å². The predicted octanol–water partition coefficient (Wildman–Crippen LogP) is 3.01. The number of amides is 2. The summed E-state index contributed by atoms with van der Waals surface area (Å²) in [5, 5.41) is 1.67. The Morgan fingerprint density at radius 3 is 2.59 bits per heavy atom. The molecule has 1 aromatic heterocycles. The van der Waals surface area contributed by atoms with E-state index in [2.05, 4.69) is 15.9 Å². The van der Waals surface area contributed by atoms with Crippen LogP contribution in [0.25, 0.3) is 0 Å². The zero-order valence-corrected chi connectivity index (χ0v) is 18.6. The molecule has 2 fully saturated rings. The van der Waals surface area contributed by atoms with E-state index in [-0.39, 0.29) is 23.3 Å². The van der Waals surface area contributed by atoms with E-state index in [0.717, 1.165) is 37.9 Å². The molecule has 3 heterocycles. The van der Waals surface area contributed by atoms with Gasteiger partial charge < -0.3 is 4.74 Å². The van der Waals surface area contributed by atoms with Gasteiger partial charge in [0.1, 0.15) is 10.3 Å². The van der Waals surface area contributed by atoms with E-state index in [1.54, 1.807) is 35.7 Å². The largest absolute Gasteiger partial charge is 0.377 e. The third-order valence-corrected chi connectivity index (χ3v) is 8.80. The highest BCUT2D eigenvalue weighted by Crippen LogP contribution is 2.32. The lowest BCUT2D eigenvalue weighted by molar-refractivity contribution is -0.122. The van der Waals surface area contributed by atoms with Gasteiger partial charge in [-0.15, -0.1) is 11.3 Å². The Labute approximate surface area is 181 Å². The molecule has 7 nitrogen and oxygen atoms in total. The van der Waals surface area contributed by atoms with Gasteiger partial charge in [-0.2, -0.15) is 4.31 Å². The first-order chi connectivity index (χ1) is 13.9. The molecule has 0 bridgehead atoms. The van der Waals surface area contributed by atoms with Crippen molar-refractivity contribution in [3.8, 4) is 0 Å². The van der Waals surface area contributed by atoms with Gasteiger partial charge in [0.25, 0.3) is 15.9 Å². The van der Waals surface area contributed by atoms with E-state index in [1.807, 2.05) is 0 Å². The normalized spacial score (nSPS) is 22.8. The molecule has 154 valence electrons. The molecule has 0 radical (unpaired) electrons. The number of halogens is 1. The summed E-state index contributed by atoms with van der Waals surface area (Å²) in [7, 11) is -3.93. The summed E-state index contributed by atoms with van der Waals surface area (Å²) in [5.41, 5.74) is 0.427. The summed E-state index contributed by atoms with van der Waals surface area (Å²) in [4.78, 5) is 26.9. The predicted molar refractivity (Wildman–Crippen MR) is 112 cm³/mol. The van der Waals surface area contributed by atoms with Crippen LogP contribution in [0.4, 0.5) is 5.69 Å². The van der Waals surface area contributed by atoms with Crippen molar-refractivity contribution in [2.24, 2.45) is 0 Å². The smallest absolute Gasteiger partial charge is 0.253 e. The van der Waals surface area contributed by atoms with Crippen LogP contribution in [-0.4, -0.2) is 49.8 Å². The lowest BCUT2D eigenvalue weighted by Crippen LogP contribution is -2.48. The number of hydrogen-bond donors (Lipinski definition) is 0. The molecule has 2 amide bonds. The zero-order valence-electron chi connectivity index (χ0n) is 15.4. The van der Waals surface area contributed by atoms with Crippen LogP contribution in [-0.2, 0) is 24.3 Å². The van der Waals surface area contributed by atoms with Gasteiger partial charge in [-0.25, -0.2) is 13.3 Å². The van der Waals surface area contributed by atoms with Gasteiger partial charge in [-0.3, -0.25) is 9.59 Å². The Morgan fingerprint density at radius 1 is 1.21 bits per heavy atom. The molecule has 0 saturated carbocycles. The number of thiophene rings is 1. The quantitative estimate of drug-likeness (QED) is 0.571. The monoisotopic (exact) mass is 498 g/mol. The second-order valence-electron chi connectivity index (χ2n) is 6.91. The molecule has 2 aliphatic heterocycles. The highest BCUT2D eigenvalue weighted by molar-refractivity contribution is 9.10. The first-order valence-corrected chi connectivity index (χ1v) is 12.3. The molecule has 2 aromatic rings. The number of benzene rings is 1. The van der Waals surface area contributed by atoms with Crippen LogP contribution in [0.5, 0.6) is 0 Å². The minimum Gasteiger partial charge on any atom is -0.377 e. The van der Waals surface area contributed by atoms with E-state index >= 15 is 0 Å². The Bertz CT molecular complexity index is 1000. The molecule has 4 rings (SSSR count). The number of sulfonamides is 1. The number of imide groups is 1. The van der Waals surface area contributed by atoms with E-state index in [4.69, 9.17) is 4.74 Å². The molecular weight excluding hydrogens is 480 g/mol. The highest BCUT2D eigenvalue weighted by Gasteiger charge is 2.48. The van der Waals surface area contributed by atoms with Gasteiger partial charge in [-0.05, 0) is 48.6 Å². The molecule has 1 aromatic carbocycles. The average Bonchev–Trinajstić information content (AvgIpc) is 3.43. The molecule has 2 atom stereocenters. The fraction of sp³-hybridized carbons (Fsp3) is 0.368. The van der Waals surface area contributed by atoms with Crippen LogP contribution in [0, 0.1) is 0 Å². The van der Waals surface area contributed by atoms with Crippen molar-refractivity contribution in [2.45, 2.75) is 35.6 Å². The van der Waals surface area contributed by atoms with Crippen LogP contribution in [0.2, 0.25) is 0 Å². The molecule has 2 aliphatic rings. The standard InChI is InChI=1S/C19H19BrN2O5S2/c20-13-5-7-14(8-6-13)22-17(23)11-16(19(22)24)21(12-15-3-1-9-27-15)29(25,26)18-4-2-10-28-18/h2,4-8,10,15-16H,1,3,9,11-12H2. The van der Waals surface area contributed by atoms with Crippen molar-refractivity contribution in [3.63, 3.8) is 0 Å². The summed E-state index contributed by atoms with van der Waals surface area (Å²) in [5.74, 6) is -0.948. The molecule has 0 aliphatic carbocycles. The third kappa shape index (κ3) is 4.04. The van der Waals surface area contributed by atoms with Crippen LogP contribution in [0.3, 0.4) is 0 Å². The maximum atomic E-state index is 13.3. The van der Waals surface area contributed by atoms with Gasteiger partial charge in [-0.1, -0.05) is 22.0 Å². The Hall–Kier alpha value is -1.59. The van der Waals surface area contributed by atoms with E-state index < -0.39 is 27.9 Å². The van der Waals surface area contributed by atoms with Gasteiger partial charge in [0.05, 0.1) is 18.2 Å². The maximum absolute atomic E-state index is 13.3. The number of hydrogen-bond acceptors (Lipinski definition) is 6. The highest BCUT2D eigenvalue weighted by atomic mass is 79.9. The number of rotatable bonds is 6. The van der Waals surface area contributed by atoms with Crippen LogP contribution in [0.1, 0.15) is 19.3 Å². The van der Waals surface area contributed by atoms with E-state index in [0.29, 0.717) is 12.3 Å². The second kappa shape index (κ2) is 8.27. The summed E-state index contributed by atoms with van der Waals surface area (Å²) in [6.07, 6.45) is 1.10. The molecule has 10 heteroatoms. The number of ether oxygens (including phenoxy) is 1. The molecule has 2 unspecified atom stereocenters. The molecule has 2 saturated heterocycles. The summed E-state index contributed by atoms with van der Waals surface area (Å²) in [6, 6.07) is 8.85. The summed E-state index contributed by atoms with van der Waals surface area (Å²) < 4.78 is 34.4. The number of carbonyl (C=O) groups excluding carboxylic acids is 2. The number of nitrogens with zero attached hydrogens (tertiary/aromatic N) is 2. The topological polar surface area (TPSA) is 84.0 Å². The fourth-order valence-corrected chi connectivity index (χ4v) is 6.61. The molecular formula is C19H19BrN2O5S2. The minimum absolute atomic E-state index is 0.0537. The SMILES string of the molecule is O=C1CC(N(CC2CCCO2)S(=O)(=O)c2cccs2)C(=O)N1c1ccc(Br)cc1. The molecule has 0 N–H and O–H groups in total. The Morgan fingerprint density at radius 2 is 1.97 bits per heavy atom.